The van der Waals surface area contributed by atoms with Gasteiger partial charge < -0.3 is 24.8 Å². The molecule has 2 aliphatic carbocycles. The van der Waals surface area contributed by atoms with Crippen LogP contribution in [0.25, 0.3) is 5.57 Å². The number of aromatic carboxylic acids is 1. The van der Waals surface area contributed by atoms with E-state index in [0.29, 0.717) is 31.4 Å². The number of carboxylic acid groups (broad SMARTS) is 1. The van der Waals surface area contributed by atoms with Gasteiger partial charge in [0.2, 0.25) is 5.91 Å². The Morgan fingerprint density at radius 3 is 2.36 bits per heavy atom. The van der Waals surface area contributed by atoms with Crippen LogP contribution in [0.4, 0.5) is 10.5 Å². The Morgan fingerprint density at radius 2 is 1.83 bits per heavy atom. The molecule has 2 aliphatic rings. The first-order chi connectivity index (χ1) is 17.1. The second-order valence-electron chi connectivity index (χ2n) is 9.72. The van der Waals surface area contributed by atoms with Crippen LogP contribution in [0.15, 0.2) is 12.1 Å². The molecule has 0 spiro atoms. The van der Waals surface area contributed by atoms with Crippen molar-refractivity contribution in [3.05, 3.63) is 21.9 Å². The molecule has 1 heterocycles. The number of anilines is 1. The van der Waals surface area contributed by atoms with Crippen LogP contribution in [0.3, 0.4) is 0 Å². The number of rotatable bonds is 8. The van der Waals surface area contributed by atoms with Crippen molar-refractivity contribution in [1.82, 2.24) is 5.32 Å². The number of carbonyl (C=O) groups is 4. The van der Waals surface area contributed by atoms with Crippen LogP contribution < -0.4 is 10.2 Å². The minimum atomic E-state index is -1.04. The third-order valence-electron chi connectivity index (χ3n) is 6.79. The number of amides is 2. The summed E-state index contributed by atoms with van der Waals surface area (Å²) in [5.41, 5.74) is 1.60. The highest BCUT2D eigenvalue weighted by Gasteiger charge is 2.34. The average Bonchev–Trinajstić information content (AvgIpc) is 3.28. The number of carboxylic acids is 1. The number of thiophene rings is 1. The van der Waals surface area contributed by atoms with E-state index in [9.17, 15) is 24.3 Å². The van der Waals surface area contributed by atoms with Crippen molar-refractivity contribution in [3.63, 3.8) is 0 Å². The van der Waals surface area contributed by atoms with E-state index in [1.54, 1.807) is 18.7 Å². The van der Waals surface area contributed by atoms with E-state index in [2.05, 4.69) is 11.4 Å². The number of esters is 1. The Hall–Kier alpha value is -2.88. The molecule has 1 saturated carbocycles. The predicted molar refractivity (Wildman–Crippen MR) is 137 cm³/mol. The van der Waals surface area contributed by atoms with Crippen molar-refractivity contribution in [2.45, 2.75) is 90.3 Å². The summed E-state index contributed by atoms with van der Waals surface area (Å²) in [6.07, 6.45) is 7.42. The van der Waals surface area contributed by atoms with Crippen molar-refractivity contribution in [2.24, 2.45) is 5.92 Å². The third-order valence-corrected chi connectivity index (χ3v) is 7.98. The van der Waals surface area contributed by atoms with E-state index in [4.69, 9.17) is 9.47 Å². The van der Waals surface area contributed by atoms with Crippen molar-refractivity contribution in [1.29, 1.82) is 0 Å². The van der Waals surface area contributed by atoms with E-state index in [1.807, 2.05) is 6.07 Å². The van der Waals surface area contributed by atoms with E-state index < -0.39 is 24.1 Å². The summed E-state index contributed by atoms with van der Waals surface area (Å²) in [6.45, 7) is 5.06. The first-order valence-electron chi connectivity index (χ1n) is 12.5. The predicted octanol–water partition coefficient (Wildman–Crippen LogP) is 4.99. The zero-order valence-electron chi connectivity index (χ0n) is 21.4. The van der Waals surface area contributed by atoms with Crippen molar-refractivity contribution >= 4 is 46.5 Å². The number of carbonyl (C=O) groups excluding carboxylic acids is 3. The lowest BCUT2D eigenvalue weighted by atomic mass is 9.91. The summed E-state index contributed by atoms with van der Waals surface area (Å²) >= 11 is 1.23. The standard InChI is InChI=1S/C26H36N2O7S/c1-15(2)22(25(32)34-4)27-26(33)35-19-12-10-18(11-13-19)28(16(3)29)20-14-21(36-23(20)24(30)31)17-8-6-5-7-9-17/h8,14-15,18-19,22H,5-7,9-13H2,1-4H3,(H,27,33)(H,30,31). The van der Waals surface area contributed by atoms with Crippen molar-refractivity contribution < 1.29 is 33.8 Å². The summed E-state index contributed by atoms with van der Waals surface area (Å²) in [5.74, 6) is -1.94. The molecule has 9 nitrogen and oxygen atoms in total. The minimum Gasteiger partial charge on any atom is -0.477 e. The molecule has 2 amide bonds. The number of ether oxygens (including phenoxy) is 2. The SMILES string of the molecule is COC(=O)C(NC(=O)OC1CCC(N(C(C)=O)c2cc(C3=CCCCC3)sc2C(=O)O)CC1)C(C)C. The van der Waals surface area contributed by atoms with E-state index >= 15 is 0 Å². The number of nitrogens with zero attached hydrogens (tertiary/aromatic N) is 1. The second kappa shape index (κ2) is 12.4. The molecular weight excluding hydrogens is 484 g/mol. The van der Waals surface area contributed by atoms with Crippen molar-refractivity contribution in [3.8, 4) is 0 Å². The average molecular weight is 521 g/mol. The molecule has 1 aromatic rings. The highest BCUT2D eigenvalue weighted by molar-refractivity contribution is 7.15. The normalized spacial score (nSPS) is 20.8. The summed E-state index contributed by atoms with van der Waals surface area (Å²) in [5, 5.41) is 12.4. The second-order valence-corrected chi connectivity index (χ2v) is 10.8. The number of hydrogen-bond donors (Lipinski definition) is 2. The molecule has 1 atom stereocenters. The third kappa shape index (κ3) is 6.66. The van der Waals surface area contributed by atoms with Gasteiger partial charge >= 0.3 is 18.0 Å². The molecule has 1 unspecified atom stereocenters. The van der Waals surface area contributed by atoms with Crippen LogP contribution >= 0.6 is 11.3 Å². The van der Waals surface area contributed by atoms with E-state index in [0.717, 1.165) is 36.1 Å². The fraction of sp³-hybridized carbons (Fsp3) is 0.615. The summed E-state index contributed by atoms with van der Waals surface area (Å²) in [6, 6.07) is 0.861. The number of hydrogen-bond acceptors (Lipinski definition) is 7. The van der Waals surface area contributed by atoms with Crippen LogP contribution in [0, 0.1) is 5.92 Å². The lowest BCUT2D eigenvalue weighted by Crippen LogP contribution is -2.47. The molecule has 0 radical (unpaired) electrons. The monoisotopic (exact) mass is 520 g/mol. The van der Waals surface area contributed by atoms with Gasteiger partial charge in [0.1, 0.15) is 17.0 Å². The van der Waals surface area contributed by atoms with E-state index in [-0.39, 0.29) is 28.8 Å². The highest BCUT2D eigenvalue weighted by Crippen LogP contribution is 2.40. The molecule has 0 aromatic carbocycles. The van der Waals surface area contributed by atoms with Crippen LogP contribution in [0.5, 0.6) is 0 Å². The number of allylic oxidation sites excluding steroid dienone is 2. The summed E-state index contributed by atoms with van der Waals surface area (Å²) in [4.78, 5) is 51.8. The lowest BCUT2D eigenvalue weighted by molar-refractivity contribution is -0.144. The maximum Gasteiger partial charge on any atom is 0.408 e. The number of methoxy groups -OCH3 is 1. The quantitative estimate of drug-likeness (QED) is 0.463. The highest BCUT2D eigenvalue weighted by atomic mass is 32.1. The first-order valence-corrected chi connectivity index (χ1v) is 13.3. The van der Waals surface area contributed by atoms with Crippen molar-refractivity contribution in [2.75, 3.05) is 12.0 Å². The van der Waals surface area contributed by atoms with Gasteiger partial charge in [-0.15, -0.1) is 11.3 Å². The van der Waals surface area contributed by atoms with E-state index in [1.165, 1.54) is 25.4 Å². The number of nitrogens with one attached hydrogen (secondary N) is 1. The minimum absolute atomic E-state index is 0.159. The van der Waals surface area contributed by atoms with Gasteiger partial charge in [-0.2, -0.15) is 0 Å². The molecule has 0 bridgehead atoms. The Bertz CT molecular complexity index is 1010. The van der Waals surface area contributed by atoms with Gasteiger partial charge in [0.25, 0.3) is 0 Å². The zero-order chi connectivity index (χ0) is 26.4. The largest absolute Gasteiger partial charge is 0.477 e. The molecule has 2 N–H and O–H groups in total. The van der Waals surface area contributed by atoms with Gasteiger partial charge in [-0.05, 0) is 68.9 Å². The molecule has 3 rings (SSSR count). The van der Waals surface area contributed by atoms with Gasteiger partial charge in [0.05, 0.1) is 12.8 Å². The van der Waals surface area contributed by atoms with Crippen LogP contribution in [-0.2, 0) is 19.1 Å². The first kappa shape index (κ1) is 27.7. The van der Waals surface area contributed by atoms with Crippen LogP contribution in [-0.4, -0.2) is 54.3 Å². The molecule has 0 saturated heterocycles. The smallest absolute Gasteiger partial charge is 0.408 e. The lowest BCUT2D eigenvalue weighted by Gasteiger charge is -2.36. The van der Waals surface area contributed by atoms with Gasteiger partial charge in [0.15, 0.2) is 0 Å². The summed E-state index contributed by atoms with van der Waals surface area (Å²) in [7, 11) is 1.27. The van der Waals surface area contributed by atoms with Gasteiger partial charge in [-0.25, -0.2) is 14.4 Å². The molecule has 198 valence electrons. The Morgan fingerprint density at radius 1 is 1.14 bits per heavy atom. The Labute approximate surface area is 215 Å². The fourth-order valence-electron chi connectivity index (χ4n) is 4.92. The molecular formula is C26H36N2O7S. The van der Waals surface area contributed by atoms with Gasteiger partial charge in [-0.1, -0.05) is 19.9 Å². The maximum atomic E-state index is 12.7. The summed E-state index contributed by atoms with van der Waals surface area (Å²) < 4.78 is 10.3. The van der Waals surface area contributed by atoms with Gasteiger partial charge in [-0.3, -0.25) is 4.79 Å². The van der Waals surface area contributed by atoms with Crippen LogP contribution in [0.2, 0.25) is 0 Å². The van der Waals surface area contributed by atoms with Gasteiger partial charge in [0, 0.05) is 17.8 Å². The molecule has 10 heteroatoms. The van der Waals surface area contributed by atoms with Crippen LogP contribution in [0.1, 0.15) is 86.7 Å². The maximum absolute atomic E-state index is 12.7. The fourth-order valence-corrected chi connectivity index (χ4v) is 5.97. The zero-order valence-corrected chi connectivity index (χ0v) is 22.2. The number of alkyl carbamates (subject to hydrolysis) is 1. The topological polar surface area (TPSA) is 122 Å². The molecule has 1 aromatic heterocycles. The molecule has 1 fully saturated rings. The Balaban J connectivity index is 1.68. The molecule has 0 aliphatic heterocycles. The Kier molecular flexibility index (Phi) is 9.53. The molecule has 36 heavy (non-hydrogen) atoms.